The van der Waals surface area contributed by atoms with Gasteiger partial charge in [-0.2, -0.15) is 0 Å². The number of furan rings is 1. The largest absolute Gasteiger partial charge is 0.465 e. The number of hydrogen-bond donors (Lipinski definition) is 3. The molecule has 0 bridgehead atoms. The van der Waals surface area contributed by atoms with Gasteiger partial charge in [0, 0.05) is 33.2 Å². The molecule has 3 amide bonds. The molecule has 3 aromatic carbocycles. The molecule has 0 saturated heterocycles. The van der Waals surface area contributed by atoms with Crippen molar-refractivity contribution in [1.29, 1.82) is 0 Å². The van der Waals surface area contributed by atoms with Crippen LogP contribution in [0, 0.1) is 0 Å². The lowest BCUT2D eigenvalue weighted by molar-refractivity contribution is -0.116. The molecular formula is C33H28N4O4S2. The van der Waals surface area contributed by atoms with E-state index >= 15 is 0 Å². The van der Waals surface area contributed by atoms with Crippen LogP contribution in [0.1, 0.15) is 29.5 Å². The van der Waals surface area contributed by atoms with Gasteiger partial charge in [-0.1, -0.05) is 61.5 Å². The molecule has 0 spiro atoms. The van der Waals surface area contributed by atoms with E-state index in [1.54, 1.807) is 54.6 Å². The molecule has 2 heterocycles. The molecule has 2 aromatic heterocycles. The van der Waals surface area contributed by atoms with Crippen LogP contribution in [0.4, 0.5) is 10.8 Å². The molecule has 1 unspecified atom stereocenters. The van der Waals surface area contributed by atoms with E-state index in [-0.39, 0.29) is 16.9 Å². The van der Waals surface area contributed by atoms with E-state index in [1.807, 2.05) is 54.8 Å². The smallest absolute Gasteiger partial charge is 0.272 e. The molecule has 0 saturated carbocycles. The summed E-state index contributed by atoms with van der Waals surface area (Å²) in [6.07, 6.45) is 3.54. The summed E-state index contributed by atoms with van der Waals surface area (Å²) in [5, 5.41) is 10.5. The van der Waals surface area contributed by atoms with Crippen molar-refractivity contribution in [2.24, 2.45) is 0 Å². The molecule has 1 atom stereocenters. The molecule has 8 nitrogen and oxygen atoms in total. The second-order valence-electron chi connectivity index (χ2n) is 9.28. The normalized spacial score (nSPS) is 11.9. The van der Waals surface area contributed by atoms with Crippen molar-refractivity contribution < 1.29 is 18.8 Å². The molecule has 0 fully saturated rings. The first-order chi connectivity index (χ1) is 21.0. The Bertz CT molecular complexity index is 1720. The first-order valence-electron chi connectivity index (χ1n) is 13.5. The van der Waals surface area contributed by atoms with E-state index in [0.717, 1.165) is 16.2 Å². The van der Waals surface area contributed by atoms with E-state index in [2.05, 4.69) is 20.9 Å². The fraction of sp³-hybridized carbons (Fsp3) is 0.0909. The Morgan fingerprint density at radius 1 is 0.930 bits per heavy atom. The SMILES string of the molecule is CCC(Sc1cccc(NC(=O)/C(=C/c2ccco2)NC(=O)c2ccccc2)c1)C(=O)Nc1nc(-c2ccccc2)cs1. The molecule has 216 valence electrons. The molecule has 0 radical (unpaired) electrons. The van der Waals surface area contributed by atoms with E-state index in [4.69, 9.17) is 4.42 Å². The molecule has 0 aliphatic rings. The lowest BCUT2D eigenvalue weighted by Gasteiger charge is -2.15. The quantitative estimate of drug-likeness (QED) is 0.107. The number of amides is 3. The molecule has 0 aliphatic heterocycles. The summed E-state index contributed by atoms with van der Waals surface area (Å²) in [5.74, 6) is -0.685. The number of nitrogens with zero attached hydrogens (tertiary/aromatic N) is 1. The Morgan fingerprint density at radius 3 is 2.42 bits per heavy atom. The lowest BCUT2D eigenvalue weighted by Crippen LogP contribution is -2.30. The molecule has 0 aliphatic carbocycles. The van der Waals surface area contributed by atoms with Gasteiger partial charge in [-0.3, -0.25) is 14.4 Å². The van der Waals surface area contributed by atoms with Crippen molar-refractivity contribution in [3.63, 3.8) is 0 Å². The van der Waals surface area contributed by atoms with Gasteiger partial charge in [0.05, 0.1) is 17.2 Å². The van der Waals surface area contributed by atoms with Crippen LogP contribution in [0.3, 0.4) is 0 Å². The minimum atomic E-state index is -0.523. The van der Waals surface area contributed by atoms with Gasteiger partial charge in [-0.25, -0.2) is 4.98 Å². The van der Waals surface area contributed by atoms with E-state index in [1.165, 1.54) is 35.4 Å². The van der Waals surface area contributed by atoms with Crippen LogP contribution in [0.5, 0.6) is 0 Å². The summed E-state index contributed by atoms with van der Waals surface area (Å²) >= 11 is 2.78. The second kappa shape index (κ2) is 14.3. The Hall–Kier alpha value is -4.93. The van der Waals surface area contributed by atoms with Crippen LogP contribution in [-0.4, -0.2) is 28.0 Å². The number of hydrogen-bond acceptors (Lipinski definition) is 7. The van der Waals surface area contributed by atoms with Crippen LogP contribution in [0.15, 0.2) is 124 Å². The van der Waals surface area contributed by atoms with Gasteiger partial charge in [0.2, 0.25) is 5.91 Å². The highest BCUT2D eigenvalue weighted by Gasteiger charge is 2.20. The second-order valence-corrected chi connectivity index (χ2v) is 11.4. The van der Waals surface area contributed by atoms with Gasteiger partial charge in [0.1, 0.15) is 11.5 Å². The first-order valence-corrected chi connectivity index (χ1v) is 15.3. The van der Waals surface area contributed by atoms with Crippen molar-refractivity contribution in [3.8, 4) is 11.3 Å². The van der Waals surface area contributed by atoms with Gasteiger partial charge < -0.3 is 20.4 Å². The fourth-order valence-corrected chi connectivity index (χ4v) is 5.78. The number of thioether (sulfide) groups is 1. The van der Waals surface area contributed by atoms with Gasteiger partial charge in [0.15, 0.2) is 5.13 Å². The van der Waals surface area contributed by atoms with E-state index in [9.17, 15) is 14.4 Å². The standard InChI is InChI=1S/C33H28N4O4S2/c1-2-29(32(40)37-33-36-28(21-42-33)22-11-5-3-6-12-22)43-26-17-9-15-24(19-26)34-31(39)27(20-25-16-10-18-41-25)35-30(38)23-13-7-4-8-14-23/h3-21,29H,2H2,1H3,(H,34,39)(H,35,38)(H,36,37,40)/b27-20-. The maximum atomic E-state index is 13.3. The monoisotopic (exact) mass is 608 g/mol. The highest BCUT2D eigenvalue weighted by Crippen LogP contribution is 2.30. The lowest BCUT2D eigenvalue weighted by atomic mass is 10.2. The average molecular weight is 609 g/mol. The first kappa shape index (κ1) is 29.6. The molecule has 5 rings (SSSR count). The summed E-state index contributed by atoms with van der Waals surface area (Å²) in [6, 6.07) is 29.0. The van der Waals surface area contributed by atoms with Crippen LogP contribution >= 0.6 is 23.1 Å². The fourth-order valence-electron chi connectivity index (χ4n) is 4.05. The zero-order valence-corrected chi connectivity index (χ0v) is 24.8. The Kier molecular flexibility index (Phi) is 9.83. The van der Waals surface area contributed by atoms with Crippen LogP contribution in [-0.2, 0) is 9.59 Å². The van der Waals surface area contributed by atoms with Crippen molar-refractivity contribution in [2.75, 3.05) is 10.6 Å². The third kappa shape index (κ3) is 8.09. The molecule has 10 heteroatoms. The van der Waals surface area contributed by atoms with Crippen LogP contribution in [0.2, 0.25) is 0 Å². The maximum absolute atomic E-state index is 13.3. The minimum Gasteiger partial charge on any atom is -0.465 e. The van der Waals surface area contributed by atoms with Crippen molar-refractivity contribution in [3.05, 3.63) is 126 Å². The van der Waals surface area contributed by atoms with Crippen molar-refractivity contribution in [2.45, 2.75) is 23.5 Å². The summed E-state index contributed by atoms with van der Waals surface area (Å²) in [7, 11) is 0. The third-order valence-electron chi connectivity index (χ3n) is 6.20. The highest BCUT2D eigenvalue weighted by atomic mass is 32.2. The number of rotatable bonds is 11. The average Bonchev–Trinajstić information content (AvgIpc) is 3.73. The summed E-state index contributed by atoms with van der Waals surface area (Å²) in [5.41, 5.74) is 2.74. The van der Waals surface area contributed by atoms with Gasteiger partial charge >= 0.3 is 0 Å². The Balaban J connectivity index is 1.25. The van der Waals surface area contributed by atoms with Crippen LogP contribution in [0.25, 0.3) is 17.3 Å². The number of benzene rings is 3. The zero-order chi connectivity index (χ0) is 30.0. The van der Waals surface area contributed by atoms with E-state index in [0.29, 0.717) is 28.6 Å². The summed E-state index contributed by atoms with van der Waals surface area (Å²) in [4.78, 5) is 44.6. The number of thiazole rings is 1. The molecule has 3 N–H and O–H groups in total. The van der Waals surface area contributed by atoms with Gasteiger partial charge in [0.25, 0.3) is 11.8 Å². The summed E-state index contributed by atoms with van der Waals surface area (Å²) in [6.45, 7) is 1.95. The summed E-state index contributed by atoms with van der Waals surface area (Å²) < 4.78 is 5.36. The number of carbonyl (C=O) groups is 3. The number of anilines is 2. The zero-order valence-electron chi connectivity index (χ0n) is 23.2. The topological polar surface area (TPSA) is 113 Å². The van der Waals surface area contributed by atoms with Crippen molar-refractivity contribution >= 4 is 57.7 Å². The third-order valence-corrected chi connectivity index (χ3v) is 8.31. The molecule has 5 aromatic rings. The van der Waals surface area contributed by atoms with Crippen molar-refractivity contribution in [1.82, 2.24) is 10.3 Å². The number of carbonyl (C=O) groups excluding carboxylic acids is 3. The Labute approximate surface area is 257 Å². The number of nitrogens with one attached hydrogen (secondary N) is 3. The van der Waals surface area contributed by atoms with Gasteiger partial charge in [-0.05, 0) is 48.9 Å². The maximum Gasteiger partial charge on any atom is 0.272 e. The molecule has 43 heavy (non-hydrogen) atoms. The van der Waals surface area contributed by atoms with E-state index < -0.39 is 11.8 Å². The minimum absolute atomic E-state index is 0.0194. The van der Waals surface area contributed by atoms with Gasteiger partial charge in [-0.15, -0.1) is 23.1 Å². The van der Waals surface area contributed by atoms with Crippen LogP contribution < -0.4 is 16.0 Å². The predicted molar refractivity (Wildman–Crippen MR) is 172 cm³/mol. The number of aromatic nitrogens is 1. The molecular weight excluding hydrogens is 581 g/mol. The predicted octanol–water partition coefficient (Wildman–Crippen LogP) is 7.32. The Morgan fingerprint density at radius 2 is 1.70 bits per heavy atom. The highest BCUT2D eigenvalue weighted by molar-refractivity contribution is 8.00.